The maximum absolute atomic E-state index is 12.7. The first-order chi connectivity index (χ1) is 14.1. The molecule has 160 valence electrons. The summed E-state index contributed by atoms with van der Waals surface area (Å²) in [5, 5.41) is 2.97. The summed E-state index contributed by atoms with van der Waals surface area (Å²) in [5.74, 6) is -0.0951. The van der Waals surface area contributed by atoms with E-state index in [2.05, 4.69) is 21.6 Å². The smallest absolute Gasteiger partial charge is 0.259 e. The van der Waals surface area contributed by atoms with Gasteiger partial charge in [0.05, 0.1) is 16.9 Å². The minimum Gasteiger partial charge on any atom is -0.490 e. The molecule has 1 aromatic heterocycles. The van der Waals surface area contributed by atoms with Gasteiger partial charge in [0.2, 0.25) is 0 Å². The SMILES string of the molecule is CCCc1cc(C(=O)NC(C)(C)COc2cccc3c2C(N)=NS(=O)(=O)C3)ccn1. The molecular formula is C21H26N4O4S. The van der Waals surface area contributed by atoms with Gasteiger partial charge in [0.25, 0.3) is 15.9 Å². The zero-order valence-corrected chi connectivity index (χ0v) is 18.1. The lowest BCUT2D eigenvalue weighted by Gasteiger charge is -2.27. The van der Waals surface area contributed by atoms with Crippen LogP contribution in [0.4, 0.5) is 0 Å². The van der Waals surface area contributed by atoms with Crippen molar-refractivity contribution in [3.8, 4) is 5.75 Å². The van der Waals surface area contributed by atoms with Gasteiger partial charge in [-0.1, -0.05) is 25.5 Å². The standard InChI is InChI=1S/C21H26N4O4S/c1-4-6-16-11-14(9-10-23-16)20(26)24-21(2,3)13-29-17-8-5-7-15-12-30(27,28)25-19(22)18(15)17/h5,7-11H,4,6,12-13H2,1-3H3,(H2,22,25)(H,24,26). The number of aryl methyl sites for hydroxylation is 1. The van der Waals surface area contributed by atoms with E-state index in [9.17, 15) is 13.2 Å². The summed E-state index contributed by atoms with van der Waals surface area (Å²) in [4.78, 5) is 17.0. The zero-order valence-electron chi connectivity index (χ0n) is 17.3. The third-order valence-electron chi connectivity index (χ3n) is 4.57. The lowest BCUT2D eigenvalue weighted by atomic mass is 10.0. The average Bonchev–Trinajstić information content (AvgIpc) is 2.65. The molecule has 0 atom stereocenters. The van der Waals surface area contributed by atoms with Crippen LogP contribution in [-0.4, -0.2) is 37.3 Å². The van der Waals surface area contributed by atoms with Crippen LogP contribution in [0.25, 0.3) is 0 Å². The zero-order chi connectivity index (χ0) is 21.9. The highest BCUT2D eigenvalue weighted by Crippen LogP contribution is 2.28. The maximum atomic E-state index is 12.7. The highest BCUT2D eigenvalue weighted by Gasteiger charge is 2.27. The largest absolute Gasteiger partial charge is 0.490 e. The Hall–Kier alpha value is -2.94. The number of benzene rings is 1. The lowest BCUT2D eigenvalue weighted by Crippen LogP contribution is -2.48. The Labute approximate surface area is 176 Å². The number of amidine groups is 1. The van der Waals surface area contributed by atoms with Gasteiger partial charge in [0.15, 0.2) is 0 Å². The minimum atomic E-state index is -3.61. The third-order valence-corrected chi connectivity index (χ3v) is 5.72. The summed E-state index contributed by atoms with van der Waals surface area (Å²) >= 11 is 0. The van der Waals surface area contributed by atoms with E-state index in [-0.39, 0.29) is 24.1 Å². The van der Waals surface area contributed by atoms with Gasteiger partial charge in [0, 0.05) is 17.5 Å². The molecule has 3 rings (SSSR count). The predicted molar refractivity (Wildman–Crippen MR) is 115 cm³/mol. The molecule has 2 aromatic rings. The van der Waals surface area contributed by atoms with Gasteiger partial charge in [-0.05, 0) is 44.0 Å². The number of carbonyl (C=O) groups excluding carboxylic acids is 1. The molecule has 9 heteroatoms. The fourth-order valence-corrected chi connectivity index (χ4v) is 4.31. The Balaban J connectivity index is 1.72. The monoisotopic (exact) mass is 430 g/mol. The molecule has 0 fully saturated rings. The molecule has 1 aliphatic heterocycles. The number of aromatic nitrogens is 1. The molecule has 1 aromatic carbocycles. The summed E-state index contributed by atoms with van der Waals surface area (Å²) in [7, 11) is -3.61. The average molecular weight is 431 g/mol. The van der Waals surface area contributed by atoms with Crippen LogP contribution >= 0.6 is 0 Å². The Morgan fingerprint density at radius 2 is 2.07 bits per heavy atom. The lowest BCUT2D eigenvalue weighted by molar-refractivity contribution is 0.0880. The van der Waals surface area contributed by atoms with E-state index in [4.69, 9.17) is 10.5 Å². The van der Waals surface area contributed by atoms with Crippen molar-refractivity contribution in [1.82, 2.24) is 10.3 Å². The molecule has 0 saturated heterocycles. The molecule has 0 saturated carbocycles. The molecule has 0 spiro atoms. The number of sulfonamides is 1. The van der Waals surface area contributed by atoms with Gasteiger partial charge in [-0.3, -0.25) is 9.78 Å². The van der Waals surface area contributed by atoms with Crippen LogP contribution < -0.4 is 15.8 Å². The minimum absolute atomic E-state index is 0.0890. The summed E-state index contributed by atoms with van der Waals surface area (Å²) in [6.45, 7) is 5.90. The van der Waals surface area contributed by atoms with Crippen molar-refractivity contribution in [2.24, 2.45) is 10.1 Å². The Bertz CT molecular complexity index is 1090. The van der Waals surface area contributed by atoms with Gasteiger partial charge < -0.3 is 15.8 Å². The van der Waals surface area contributed by atoms with E-state index < -0.39 is 15.6 Å². The number of nitrogens with one attached hydrogen (secondary N) is 1. The van der Waals surface area contributed by atoms with Crippen LogP contribution in [0.3, 0.4) is 0 Å². The number of ether oxygens (including phenoxy) is 1. The number of fused-ring (bicyclic) bond motifs is 1. The second-order valence-electron chi connectivity index (χ2n) is 7.91. The van der Waals surface area contributed by atoms with Gasteiger partial charge in [-0.15, -0.1) is 4.40 Å². The van der Waals surface area contributed by atoms with Crippen LogP contribution in [0, 0.1) is 0 Å². The van der Waals surface area contributed by atoms with Gasteiger partial charge in [-0.25, -0.2) is 8.42 Å². The fraction of sp³-hybridized carbons (Fsp3) is 0.381. The van der Waals surface area contributed by atoms with Crippen LogP contribution in [0.2, 0.25) is 0 Å². The van der Waals surface area contributed by atoms with Gasteiger partial charge >= 0.3 is 0 Å². The predicted octanol–water partition coefficient (Wildman–Crippen LogP) is 2.17. The van der Waals surface area contributed by atoms with Crippen molar-refractivity contribution in [3.05, 3.63) is 58.9 Å². The quantitative estimate of drug-likeness (QED) is 0.694. The first-order valence-corrected chi connectivity index (χ1v) is 11.3. The molecule has 0 bridgehead atoms. The van der Waals surface area contributed by atoms with E-state index >= 15 is 0 Å². The van der Waals surface area contributed by atoms with Crippen molar-refractivity contribution < 1.29 is 17.9 Å². The van der Waals surface area contributed by atoms with Gasteiger partial charge in [-0.2, -0.15) is 0 Å². The second-order valence-corrected chi connectivity index (χ2v) is 9.54. The molecule has 0 aliphatic carbocycles. The number of carbonyl (C=O) groups is 1. The van der Waals surface area contributed by atoms with Crippen LogP contribution in [0.15, 0.2) is 40.9 Å². The number of nitrogens with two attached hydrogens (primary N) is 1. The highest BCUT2D eigenvalue weighted by atomic mass is 32.2. The van der Waals surface area contributed by atoms with E-state index in [0.717, 1.165) is 18.5 Å². The number of rotatable bonds is 7. The normalized spacial score (nSPS) is 15.1. The highest BCUT2D eigenvalue weighted by molar-refractivity contribution is 7.89. The Morgan fingerprint density at radius 1 is 1.30 bits per heavy atom. The maximum Gasteiger partial charge on any atom is 0.259 e. The first kappa shape index (κ1) is 21.8. The topological polar surface area (TPSA) is 124 Å². The molecular weight excluding hydrogens is 404 g/mol. The molecule has 1 aliphatic rings. The molecule has 30 heavy (non-hydrogen) atoms. The van der Waals surface area contributed by atoms with Crippen molar-refractivity contribution in [3.63, 3.8) is 0 Å². The molecule has 2 heterocycles. The summed E-state index contributed by atoms with van der Waals surface area (Å²) in [5.41, 5.74) is 7.62. The van der Waals surface area contributed by atoms with Crippen LogP contribution in [-0.2, 0) is 22.2 Å². The molecule has 8 nitrogen and oxygen atoms in total. The van der Waals surface area contributed by atoms with Crippen molar-refractivity contribution >= 4 is 21.8 Å². The van der Waals surface area contributed by atoms with E-state index in [1.807, 2.05) is 13.8 Å². The van der Waals surface area contributed by atoms with E-state index in [0.29, 0.717) is 22.4 Å². The number of nitrogens with zero attached hydrogens (tertiary/aromatic N) is 2. The summed E-state index contributed by atoms with van der Waals surface area (Å²) < 4.78 is 33.1. The van der Waals surface area contributed by atoms with Crippen molar-refractivity contribution in [2.45, 2.75) is 44.9 Å². The summed E-state index contributed by atoms with van der Waals surface area (Å²) in [6, 6.07) is 8.57. The number of hydrogen-bond acceptors (Lipinski definition) is 6. The van der Waals surface area contributed by atoms with Gasteiger partial charge in [0.1, 0.15) is 18.2 Å². The molecule has 0 radical (unpaired) electrons. The Morgan fingerprint density at radius 3 is 2.80 bits per heavy atom. The number of hydrogen-bond donors (Lipinski definition) is 2. The van der Waals surface area contributed by atoms with Crippen LogP contribution in [0.5, 0.6) is 5.75 Å². The van der Waals surface area contributed by atoms with Crippen molar-refractivity contribution in [2.75, 3.05) is 6.61 Å². The molecule has 1 amide bonds. The van der Waals surface area contributed by atoms with Crippen LogP contribution in [0.1, 0.15) is 54.4 Å². The summed E-state index contributed by atoms with van der Waals surface area (Å²) in [6.07, 6.45) is 3.40. The van der Waals surface area contributed by atoms with E-state index in [1.165, 1.54) is 0 Å². The second kappa shape index (κ2) is 8.43. The number of pyridine rings is 1. The third kappa shape index (κ3) is 5.15. The van der Waals surface area contributed by atoms with E-state index in [1.54, 1.807) is 36.5 Å². The first-order valence-electron chi connectivity index (χ1n) is 9.71. The Kier molecular flexibility index (Phi) is 6.12. The molecule has 0 unspecified atom stereocenters. The number of amides is 1. The molecule has 3 N–H and O–H groups in total. The van der Waals surface area contributed by atoms with Crippen molar-refractivity contribution in [1.29, 1.82) is 0 Å². The fourth-order valence-electron chi connectivity index (χ4n) is 3.22.